The highest BCUT2D eigenvalue weighted by Gasteiger charge is 2.17. The van der Waals surface area contributed by atoms with E-state index in [0.29, 0.717) is 0 Å². The molecule has 0 radical (unpaired) electrons. The molecule has 0 amide bonds. The zero-order valence-corrected chi connectivity index (χ0v) is 11.4. The molecule has 2 nitrogen and oxygen atoms in total. The number of halogens is 1. The van der Waals surface area contributed by atoms with Crippen molar-refractivity contribution in [2.45, 2.75) is 25.8 Å². The molecule has 1 N–H and O–H groups in total. The van der Waals surface area contributed by atoms with Gasteiger partial charge in [-0.3, -0.25) is 0 Å². The second-order valence-electron chi connectivity index (χ2n) is 3.90. The van der Waals surface area contributed by atoms with Gasteiger partial charge in [-0.25, -0.2) is 0 Å². The quantitative estimate of drug-likeness (QED) is 0.783. The molecule has 92 valence electrons. The van der Waals surface area contributed by atoms with E-state index in [9.17, 15) is 0 Å². The summed E-state index contributed by atoms with van der Waals surface area (Å²) >= 11 is 7.58. The van der Waals surface area contributed by atoms with E-state index in [1.54, 1.807) is 17.6 Å². The van der Waals surface area contributed by atoms with Crippen molar-refractivity contribution in [3.05, 3.63) is 45.5 Å². The molecule has 17 heavy (non-hydrogen) atoms. The first kappa shape index (κ1) is 12.7. The largest absolute Gasteiger partial charge is 0.467 e. The molecule has 2 rings (SSSR count). The van der Waals surface area contributed by atoms with E-state index in [1.165, 1.54) is 11.3 Å². The maximum absolute atomic E-state index is 5.99. The molecule has 0 aliphatic rings. The molecule has 1 unspecified atom stereocenters. The molecule has 0 fully saturated rings. The van der Waals surface area contributed by atoms with Gasteiger partial charge in [0.05, 0.1) is 10.6 Å². The first-order chi connectivity index (χ1) is 8.31. The number of thiophene rings is 1. The average molecular weight is 270 g/mol. The molecule has 0 aromatic carbocycles. The van der Waals surface area contributed by atoms with Gasteiger partial charge in [-0.2, -0.15) is 0 Å². The summed E-state index contributed by atoms with van der Waals surface area (Å²) < 4.78 is 6.30. The van der Waals surface area contributed by atoms with E-state index < -0.39 is 0 Å². The van der Waals surface area contributed by atoms with E-state index in [-0.39, 0.29) is 6.04 Å². The van der Waals surface area contributed by atoms with Crippen molar-refractivity contribution in [2.75, 3.05) is 6.54 Å². The van der Waals surface area contributed by atoms with Crippen LogP contribution in [0.4, 0.5) is 0 Å². The molecule has 1 atom stereocenters. The second kappa shape index (κ2) is 6.24. The Kier molecular flexibility index (Phi) is 4.66. The second-order valence-corrected chi connectivity index (χ2v) is 5.64. The smallest absolute Gasteiger partial charge is 0.126 e. The van der Waals surface area contributed by atoms with E-state index >= 15 is 0 Å². The number of unbranched alkanes of at least 4 members (excludes halogenated alkanes) is 1. The van der Waals surface area contributed by atoms with Crippen molar-refractivity contribution >= 4 is 22.9 Å². The van der Waals surface area contributed by atoms with Gasteiger partial charge < -0.3 is 9.73 Å². The van der Waals surface area contributed by atoms with Crippen molar-refractivity contribution in [1.29, 1.82) is 0 Å². The van der Waals surface area contributed by atoms with Gasteiger partial charge >= 0.3 is 0 Å². The summed E-state index contributed by atoms with van der Waals surface area (Å²) in [5, 5.41) is 3.51. The first-order valence-corrected chi connectivity index (χ1v) is 7.02. The van der Waals surface area contributed by atoms with Crippen LogP contribution >= 0.6 is 22.9 Å². The van der Waals surface area contributed by atoms with E-state index in [1.807, 2.05) is 18.2 Å². The van der Waals surface area contributed by atoms with Crippen LogP contribution in [0.5, 0.6) is 0 Å². The monoisotopic (exact) mass is 269 g/mol. The van der Waals surface area contributed by atoms with Crippen LogP contribution in [0.3, 0.4) is 0 Å². The van der Waals surface area contributed by atoms with Gasteiger partial charge in [0, 0.05) is 4.88 Å². The Bertz CT molecular complexity index is 438. The fraction of sp³-hybridized carbons (Fsp3) is 0.385. The van der Waals surface area contributed by atoms with E-state index in [2.05, 4.69) is 18.3 Å². The van der Waals surface area contributed by atoms with Crippen molar-refractivity contribution in [2.24, 2.45) is 0 Å². The number of furan rings is 1. The zero-order valence-electron chi connectivity index (χ0n) is 9.78. The summed E-state index contributed by atoms with van der Waals surface area (Å²) in [5.74, 6) is 0.944. The third-order valence-corrected chi connectivity index (χ3v) is 3.88. The predicted octanol–water partition coefficient (Wildman–Crippen LogP) is 4.47. The fourth-order valence-electron chi connectivity index (χ4n) is 1.70. The molecule has 0 bridgehead atoms. The molecular formula is C13H16ClNOS. The number of nitrogens with one attached hydrogen (secondary N) is 1. The Morgan fingerprint density at radius 2 is 2.29 bits per heavy atom. The molecule has 0 saturated heterocycles. The molecule has 2 aromatic rings. The van der Waals surface area contributed by atoms with Crippen molar-refractivity contribution in [3.63, 3.8) is 0 Å². The summed E-state index contributed by atoms with van der Waals surface area (Å²) in [7, 11) is 0. The van der Waals surface area contributed by atoms with Gasteiger partial charge in [0.2, 0.25) is 0 Å². The molecule has 0 aliphatic carbocycles. The molecule has 4 heteroatoms. The van der Waals surface area contributed by atoms with E-state index in [4.69, 9.17) is 16.0 Å². The topological polar surface area (TPSA) is 25.2 Å². The Morgan fingerprint density at radius 3 is 2.88 bits per heavy atom. The van der Waals surface area contributed by atoms with Gasteiger partial charge in [-0.05, 0) is 37.2 Å². The highest BCUT2D eigenvalue weighted by Crippen LogP contribution is 2.31. The molecule has 0 spiro atoms. The average Bonchev–Trinajstić information content (AvgIpc) is 2.96. The molecule has 0 aliphatic heterocycles. The summed E-state index contributed by atoms with van der Waals surface area (Å²) in [4.78, 5) is 1.20. The predicted molar refractivity (Wildman–Crippen MR) is 72.8 cm³/mol. The van der Waals surface area contributed by atoms with Crippen LogP contribution in [-0.2, 0) is 0 Å². The summed E-state index contributed by atoms with van der Waals surface area (Å²) in [6.45, 7) is 3.17. The SMILES string of the molecule is CCCCNC(c1ccco1)c1ccc(Cl)s1. The van der Waals surface area contributed by atoms with Gasteiger partial charge in [0.1, 0.15) is 11.8 Å². The lowest BCUT2D eigenvalue weighted by molar-refractivity contribution is 0.447. The van der Waals surface area contributed by atoms with Crippen LogP contribution in [0.1, 0.15) is 36.4 Å². The molecule has 2 heterocycles. The fourth-order valence-corrected chi connectivity index (χ4v) is 2.85. The Balaban J connectivity index is 2.13. The normalized spacial score (nSPS) is 12.8. The van der Waals surface area contributed by atoms with E-state index in [0.717, 1.165) is 23.1 Å². The lowest BCUT2D eigenvalue weighted by Gasteiger charge is -2.14. The minimum atomic E-state index is 0.119. The highest BCUT2D eigenvalue weighted by atomic mass is 35.5. The minimum Gasteiger partial charge on any atom is -0.467 e. The number of rotatable bonds is 6. The van der Waals surface area contributed by atoms with Crippen LogP contribution in [-0.4, -0.2) is 6.54 Å². The van der Waals surface area contributed by atoms with Crippen LogP contribution < -0.4 is 5.32 Å². The minimum absolute atomic E-state index is 0.119. The van der Waals surface area contributed by atoms with Crippen molar-refractivity contribution in [3.8, 4) is 0 Å². The van der Waals surface area contributed by atoms with Gasteiger partial charge in [-0.1, -0.05) is 24.9 Å². The summed E-state index contributed by atoms with van der Waals surface area (Å²) in [5.41, 5.74) is 0. The van der Waals surface area contributed by atoms with Gasteiger partial charge in [-0.15, -0.1) is 11.3 Å². The van der Waals surface area contributed by atoms with Crippen LogP contribution in [0.2, 0.25) is 4.34 Å². The number of hydrogen-bond acceptors (Lipinski definition) is 3. The van der Waals surface area contributed by atoms with Crippen molar-refractivity contribution in [1.82, 2.24) is 5.32 Å². The summed E-state index contributed by atoms with van der Waals surface area (Å²) in [6, 6.07) is 8.02. The third-order valence-electron chi connectivity index (χ3n) is 2.58. The number of hydrogen-bond donors (Lipinski definition) is 1. The lowest BCUT2D eigenvalue weighted by Crippen LogP contribution is -2.22. The third kappa shape index (κ3) is 3.35. The zero-order chi connectivity index (χ0) is 12.1. The lowest BCUT2D eigenvalue weighted by atomic mass is 10.2. The molecular weight excluding hydrogens is 254 g/mol. The maximum atomic E-state index is 5.99. The standard InChI is InChI=1S/C13H16ClNOS/c1-2-3-8-15-13(10-5-4-9-16-10)11-6-7-12(14)17-11/h4-7,9,13,15H,2-3,8H2,1H3. The summed E-state index contributed by atoms with van der Waals surface area (Å²) in [6.07, 6.45) is 4.05. The molecule has 2 aromatic heterocycles. The maximum Gasteiger partial charge on any atom is 0.126 e. The van der Waals surface area contributed by atoms with Crippen LogP contribution in [0.25, 0.3) is 0 Å². The Labute approximate surface area is 111 Å². The van der Waals surface area contributed by atoms with Crippen LogP contribution in [0, 0.1) is 0 Å². The van der Waals surface area contributed by atoms with Crippen molar-refractivity contribution < 1.29 is 4.42 Å². The molecule has 0 saturated carbocycles. The Morgan fingerprint density at radius 1 is 1.41 bits per heavy atom. The van der Waals surface area contributed by atoms with Gasteiger partial charge in [0.15, 0.2) is 0 Å². The first-order valence-electron chi connectivity index (χ1n) is 5.83. The van der Waals surface area contributed by atoms with Crippen LogP contribution in [0.15, 0.2) is 34.9 Å². The van der Waals surface area contributed by atoms with Gasteiger partial charge in [0.25, 0.3) is 0 Å². The highest BCUT2D eigenvalue weighted by molar-refractivity contribution is 7.16. The Hall–Kier alpha value is -0.770.